The third-order valence-corrected chi connectivity index (χ3v) is 3.25. The molecule has 1 aromatic heterocycles. The molecule has 3 heteroatoms. The Morgan fingerprint density at radius 1 is 1.50 bits per heavy atom. The molecule has 1 saturated carbocycles. The highest BCUT2D eigenvalue weighted by atomic mass is 16.5. The molecule has 2 N–H and O–H groups in total. The molecule has 1 unspecified atom stereocenters. The molecule has 0 aliphatic heterocycles. The lowest BCUT2D eigenvalue weighted by atomic mass is 9.98. The Kier molecular flexibility index (Phi) is 1.83. The molecule has 1 aliphatic carbocycles. The maximum Gasteiger partial charge on any atom is 0.218 e. The van der Waals surface area contributed by atoms with E-state index in [1.807, 2.05) is 12.1 Å². The van der Waals surface area contributed by atoms with Gasteiger partial charge in [0.1, 0.15) is 0 Å². The first-order valence-corrected chi connectivity index (χ1v) is 4.80. The molecule has 1 aromatic rings. The monoisotopic (exact) mass is 192 g/mol. The number of hydrogen-bond acceptors (Lipinski definition) is 3. The van der Waals surface area contributed by atoms with Gasteiger partial charge in [0.2, 0.25) is 5.88 Å². The largest absolute Gasteiger partial charge is 0.481 e. The van der Waals surface area contributed by atoms with Crippen molar-refractivity contribution >= 4 is 0 Å². The predicted octanol–water partition coefficient (Wildman–Crippen LogP) is 1.67. The van der Waals surface area contributed by atoms with Crippen molar-refractivity contribution in [1.29, 1.82) is 0 Å². The summed E-state index contributed by atoms with van der Waals surface area (Å²) in [4.78, 5) is 4.17. The molecule has 0 spiro atoms. The first kappa shape index (κ1) is 9.46. The van der Waals surface area contributed by atoms with Gasteiger partial charge in [-0.3, -0.25) is 0 Å². The number of nitrogens with zero attached hydrogens (tertiary/aromatic N) is 1. The highest BCUT2D eigenvalue weighted by molar-refractivity contribution is 5.41. The van der Waals surface area contributed by atoms with Crippen LogP contribution in [0.2, 0.25) is 0 Å². The van der Waals surface area contributed by atoms with Gasteiger partial charge in [0.15, 0.2) is 0 Å². The molecule has 2 rings (SSSR count). The van der Waals surface area contributed by atoms with Crippen molar-refractivity contribution in [3.05, 3.63) is 23.9 Å². The summed E-state index contributed by atoms with van der Waals surface area (Å²) in [6.45, 7) is 4.33. The minimum Gasteiger partial charge on any atom is -0.481 e. The fourth-order valence-electron chi connectivity index (χ4n) is 2.01. The van der Waals surface area contributed by atoms with Crippen LogP contribution in [-0.2, 0) is 5.54 Å². The van der Waals surface area contributed by atoms with Crippen molar-refractivity contribution in [3.8, 4) is 5.88 Å². The lowest BCUT2D eigenvalue weighted by Crippen LogP contribution is -2.26. The normalized spacial score (nSPS) is 28.6. The zero-order valence-electron chi connectivity index (χ0n) is 8.87. The standard InChI is InChI=1S/C11H16N2O/c1-10(2)7-11(10,12)8-5-4-6-13-9(8)14-3/h4-6H,7,12H2,1-3H3. The number of rotatable bonds is 2. The smallest absolute Gasteiger partial charge is 0.218 e. The maximum atomic E-state index is 6.30. The number of aromatic nitrogens is 1. The second-order valence-electron chi connectivity index (χ2n) is 4.59. The summed E-state index contributed by atoms with van der Waals surface area (Å²) >= 11 is 0. The van der Waals surface area contributed by atoms with Gasteiger partial charge in [0.05, 0.1) is 12.6 Å². The van der Waals surface area contributed by atoms with Crippen molar-refractivity contribution in [2.75, 3.05) is 7.11 Å². The van der Waals surface area contributed by atoms with E-state index in [0.29, 0.717) is 5.88 Å². The van der Waals surface area contributed by atoms with E-state index in [-0.39, 0.29) is 11.0 Å². The van der Waals surface area contributed by atoms with E-state index in [1.165, 1.54) is 0 Å². The summed E-state index contributed by atoms with van der Waals surface area (Å²) in [7, 11) is 1.63. The van der Waals surface area contributed by atoms with Crippen LogP contribution in [0.5, 0.6) is 5.88 Å². The summed E-state index contributed by atoms with van der Waals surface area (Å²) < 4.78 is 5.21. The van der Waals surface area contributed by atoms with Gasteiger partial charge >= 0.3 is 0 Å². The van der Waals surface area contributed by atoms with Crippen LogP contribution in [0.25, 0.3) is 0 Å². The fraction of sp³-hybridized carbons (Fsp3) is 0.545. The number of ether oxygens (including phenoxy) is 1. The zero-order valence-corrected chi connectivity index (χ0v) is 8.87. The molecular formula is C11H16N2O. The quantitative estimate of drug-likeness (QED) is 0.775. The molecule has 76 valence electrons. The van der Waals surface area contributed by atoms with Gasteiger partial charge in [0.25, 0.3) is 0 Å². The van der Waals surface area contributed by atoms with E-state index in [4.69, 9.17) is 10.5 Å². The Bertz CT molecular complexity index is 362. The number of methoxy groups -OCH3 is 1. The molecule has 1 atom stereocenters. The molecular weight excluding hydrogens is 176 g/mol. The van der Waals surface area contributed by atoms with Crippen molar-refractivity contribution in [1.82, 2.24) is 4.98 Å². The van der Waals surface area contributed by atoms with Crippen LogP contribution >= 0.6 is 0 Å². The third-order valence-electron chi connectivity index (χ3n) is 3.25. The second-order valence-corrected chi connectivity index (χ2v) is 4.59. The van der Waals surface area contributed by atoms with Crippen LogP contribution in [0.3, 0.4) is 0 Å². The van der Waals surface area contributed by atoms with Crippen molar-refractivity contribution < 1.29 is 4.74 Å². The second kappa shape index (κ2) is 2.70. The van der Waals surface area contributed by atoms with E-state index < -0.39 is 0 Å². The minimum absolute atomic E-state index is 0.156. The molecule has 0 aromatic carbocycles. The highest BCUT2D eigenvalue weighted by Crippen LogP contribution is 2.61. The Balaban J connectivity index is 2.43. The third kappa shape index (κ3) is 1.12. The van der Waals surface area contributed by atoms with Crippen LogP contribution in [0.15, 0.2) is 18.3 Å². The molecule has 1 fully saturated rings. The van der Waals surface area contributed by atoms with E-state index in [1.54, 1.807) is 13.3 Å². The molecule has 0 bridgehead atoms. The number of pyridine rings is 1. The molecule has 14 heavy (non-hydrogen) atoms. The minimum atomic E-state index is -0.257. The Morgan fingerprint density at radius 2 is 2.14 bits per heavy atom. The average Bonchev–Trinajstić information content (AvgIpc) is 2.67. The van der Waals surface area contributed by atoms with Gasteiger partial charge in [-0.25, -0.2) is 4.98 Å². The Labute approximate surface area is 84.3 Å². The summed E-state index contributed by atoms with van der Waals surface area (Å²) in [5, 5.41) is 0. The first-order chi connectivity index (χ1) is 6.51. The van der Waals surface area contributed by atoms with Crippen molar-refractivity contribution in [2.24, 2.45) is 11.1 Å². The Hall–Kier alpha value is -1.09. The van der Waals surface area contributed by atoms with Crippen molar-refractivity contribution in [2.45, 2.75) is 25.8 Å². The zero-order chi connectivity index (χ0) is 10.4. The van der Waals surface area contributed by atoms with Crippen LogP contribution in [0.4, 0.5) is 0 Å². The Morgan fingerprint density at radius 3 is 2.64 bits per heavy atom. The van der Waals surface area contributed by atoms with Crippen LogP contribution < -0.4 is 10.5 Å². The van der Waals surface area contributed by atoms with Crippen LogP contribution in [-0.4, -0.2) is 12.1 Å². The van der Waals surface area contributed by atoms with E-state index in [9.17, 15) is 0 Å². The van der Waals surface area contributed by atoms with Gasteiger partial charge in [-0.15, -0.1) is 0 Å². The van der Waals surface area contributed by atoms with E-state index in [2.05, 4.69) is 18.8 Å². The predicted molar refractivity (Wildman–Crippen MR) is 55.1 cm³/mol. The lowest BCUT2D eigenvalue weighted by molar-refractivity contribution is 0.379. The first-order valence-electron chi connectivity index (χ1n) is 4.80. The molecule has 1 heterocycles. The average molecular weight is 192 g/mol. The summed E-state index contributed by atoms with van der Waals surface area (Å²) in [6.07, 6.45) is 2.71. The van der Waals surface area contributed by atoms with Gasteiger partial charge in [0, 0.05) is 11.8 Å². The van der Waals surface area contributed by atoms with Crippen molar-refractivity contribution in [3.63, 3.8) is 0 Å². The molecule has 1 aliphatic rings. The summed E-state index contributed by atoms with van der Waals surface area (Å²) in [6, 6.07) is 3.90. The van der Waals surface area contributed by atoms with Gasteiger partial charge in [-0.1, -0.05) is 19.9 Å². The molecule has 0 saturated heterocycles. The highest BCUT2D eigenvalue weighted by Gasteiger charge is 2.60. The number of hydrogen-bond donors (Lipinski definition) is 1. The number of nitrogens with two attached hydrogens (primary N) is 1. The lowest BCUT2D eigenvalue weighted by Gasteiger charge is -2.17. The maximum absolute atomic E-state index is 6.30. The van der Waals surface area contributed by atoms with Gasteiger partial charge < -0.3 is 10.5 Å². The molecule has 0 amide bonds. The molecule has 0 radical (unpaired) electrons. The fourth-order valence-corrected chi connectivity index (χ4v) is 2.01. The van der Waals surface area contributed by atoms with Crippen LogP contribution in [0.1, 0.15) is 25.8 Å². The molecule has 3 nitrogen and oxygen atoms in total. The van der Waals surface area contributed by atoms with E-state index >= 15 is 0 Å². The summed E-state index contributed by atoms with van der Waals surface area (Å²) in [5.41, 5.74) is 7.22. The van der Waals surface area contributed by atoms with Gasteiger partial charge in [-0.05, 0) is 17.9 Å². The SMILES string of the molecule is COc1ncccc1C1(N)CC1(C)C. The summed E-state index contributed by atoms with van der Waals surface area (Å²) in [5.74, 6) is 0.653. The topological polar surface area (TPSA) is 48.1 Å². The van der Waals surface area contributed by atoms with E-state index in [0.717, 1.165) is 12.0 Å². The van der Waals surface area contributed by atoms with Crippen LogP contribution in [0, 0.1) is 5.41 Å². The van der Waals surface area contributed by atoms with Gasteiger partial charge in [-0.2, -0.15) is 0 Å².